The Bertz CT molecular complexity index is 1010. The summed E-state index contributed by atoms with van der Waals surface area (Å²) in [5, 5.41) is 0.535. The van der Waals surface area contributed by atoms with Gasteiger partial charge in [0.2, 0.25) is 0 Å². The van der Waals surface area contributed by atoms with Gasteiger partial charge in [-0.15, -0.1) is 11.3 Å². The summed E-state index contributed by atoms with van der Waals surface area (Å²) in [5.74, 6) is -0.545. The zero-order valence-electron chi connectivity index (χ0n) is 12.9. The molecule has 1 aliphatic heterocycles. The molecule has 0 radical (unpaired) electrons. The highest BCUT2D eigenvalue weighted by molar-refractivity contribution is 7.22. The molecule has 3 aromatic rings. The van der Waals surface area contributed by atoms with Gasteiger partial charge in [-0.3, -0.25) is 4.99 Å². The van der Waals surface area contributed by atoms with Crippen molar-refractivity contribution < 1.29 is 8.78 Å². The lowest BCUT2D eigenvalue weighted by Crippen LogP contribution is -2.29. The van der Waals surface area contributed by atoms with E-state index in [1.165, 1.54) is 12.1 Å². The quantitative estimate of drug-likeness (QED) is 0.629. The summed E-state index contributed by atoms with van der Waals surface area (Å²) >= 11 is 7.27. The Hall–Kier alpha value is -2.38. The molecule has 1 atom stereocenters. The number of aromatic nitrogens is 2. The predicted octanol–water partition coefficient (Wildman–Crippen LogP) is 5.04. The third-order valence-corrected chi connectivity index (χ3v) is 5.20. The van der Waals surface area contributed by atoms with Gasteiger partial charge in [0.1, 0.15) is 27.2 Å². The van der Waals surface area contributed by atoms with Gasteiger partial charge in [-0.25, -0.2) is 18.7 Å². The molecular formula is C17H11ClF2N4S. The highest BCUT2D eigenvalue weighted by atomic mass is 35.5. The molecule has 0 saturated carbocycles. The normalized spacial score (nSPS) is 16.8. The van der Waals surface area contributed by atoms with Gasteiger partial charge in [0.15, 0.2) is 11.6 Å². The van der Waals surface area contributed by atoms with E-state index in [0.29, 0.717) is 15.5 Å². The zero-order chi connectivity index (χ0) is 17.6. The fourth-order valence-electron chi connectivity index (χ4n) is 2.61. The number of nitrogens with zero attached hydrogens (tertiary/aromatic N) is 4. The maximum Gasteiger partial charge on any atom is 0.168 e. The summed E-state index contributed by atoms with van der Waals surface area (Å²) in [6, 6.07) is 4.39. The largest absolute Gasteiger partial charge is 0.309 e. The van der Waals surface area contributed by atoms with Gasteiger partial charge in [-0.1, -0.05) is 17.7 Å². The van der Waals surface area contributed by atoms with E-state index in [9.17, 15) is 8.78 Å². The second-order valence-electron chi connectivity index (χ2n) is 5.40. The van der Waals surface area contributed by atoms with Crippen molar-refractivity contribution in [3.8, 4) is 10.6 Å². The minimum atomic E-state index is -0.564. The molecule has 126 valence electrons. The molecule has 3 heterocycles. The number of hydrogen-bond donors (Lipinski definition) is 0. The zero-order valence-corrected chi connectivity index (χ0v) is 14.5. The summed E-state index contributed by atoms with van der Waals surface area (Å²) < 4.78 is 29.0. The number of thiazole rings is 1. The Morgan fingerprint density at radius 3 is 2.84 bits per heavy atom. The number of benzene rings is 1. The van der Waals surface area contributed by atoms with Crippen LogP contribution in [-0.2, 0) is 0 Å². The lowest BCUT2D eigenvalue weighted by molar-refractivity contribution is 0.628. The Morgan fingerprint density at radius 1 is 1.24 bits per heavy atom. The number of hydrogen-bond acceptors (Lipinski definition) is 5. The monoisotopic (exact) mass is 376 g/mol. The summed E-state index contributed by atoms with van der Waals surface area (Å²) in [4.78, 5) is 14.6. The third-order valence-electron chi connectivity index (χ3n) is 3.81. The lowest BCUT2D eigenvalue weighted by Gasteiger charge is -2.25. The summed E-state index contributed by atoms with van der Waals surface area (Å²) in [7, 11) is 0. The van der Waals surface area contributed by atoms with Gasteiger partial charge >= 0.3 is 0 Å². The van der Waals surface area contributed by atoms with Crippen molar-refractivity contribution in [3.63, 3.8) is 0 Å². The fraction of sp³-hybridized carbons (Fsp3) is 0.118. The van der Waals surface area contributed by atoms with Gasteiger partial charge in [0.05, 0.1) is 16.8 Å². The first-order valence-electron chi connectivity index (χ1n) is 7.44. The SMILES string of the molecule is CC1N=CC=CN1c1ncc(F)c2nc(-c3c(F)cccc3Cl)sc12. The topological polar surface area (TPSA) is 41.4 Å². The number of fused-ring (bicyclic) bond motifs is 1. The molecule has 0 saturated heterocycles. The van der Waals surface area contributed by atoms with E-state index in [1.807, 2.05) is 18.0 Å². The van der Waals surface area contributed by atoms with Crippen LogP contribution in [0.4, 0.5) is 14.6 Å². The van der Waals surface area contributed by atoms with Crippen molar-refractivity contribution in [1.82, 2.24) is 9.97 Å². The molecular weight excluding hydrogens is 366 g/mol. The standard InChI is InChI=1S/C17H11ClF2N4S/c1-9-21-6-3-7-24(9)16-15-14(12(20)8-22-16)23-17(25-15)13-10(18)4-2-5-11(13)19/h2-9H,1H3. The van der Waals surface area contributed by atoms with Crippen LogP contribution in [0.1, 0.15) is 6.92 Å². The molecule has 0 fully saturated rings. The number of rotatable bonds is 2. The van der Waals surface area contributed by atoms with E-state index < -0.39 is 11.6 Å². The number of allylic oxidation sites excluding steroid dienone is 1. The van der Waals surface area contributed by atoms with E-state index in [-0.39, 0.29) is 22.3 Å². The van der Waals surface area contributed by atoms with Crippen LogP contribution in [0, 0.1) is 11.6 Å². The molecule has 4 nitrogen and oxygen atoms in total. The van der Waals surface area contributed by atoms with Crippen LogP contribution in [0.15, 0.2) is 41.7 Å². The molecule has 25 heavy (non-hydrogen) atoms. The number of anilines is 1. The van der Waals surface area contributed by atoms with Crippen LogP contribution < -0.4 is 4.90 Å². The Kier molecular flexibility index (Phi) is 3.97. The van der Waals surface area contributed by atoms with Gasteiger partial charge in [0.25, 0.3) is 0 Å². The fourth-order valence-corrected chi connectivity index (χ4v) is 4.05. The van der Waals surface area contributed by atoms with Crippen molar-refractivity contribution in [2.45, 2.75) is 13.1 Å². The summed E-state index contributed by atoms with van der Waals surface area (Å²) in [5.41, 5.74) is 0.301. The molecule has 8 heteroatoms. The summed E-state index contributed by atoms with van der Waals surface area (Å²) in [6.07, 6.45) is 6.20. The average molecular weight is 377 g/mol. The Labute approximate surface area is 151 Å². The highest BCUT2D eigenvalue weighted by Crippen LogP contribution is 2.40. The third kappa shape index (κ3) is 2.69. The van der Waals surface area contributed by atoms with E-state index >= 15 is 0 Å². The van der Waals surface area contributed by atoms with Crippen molar-refractivity contribution in [2.24, 2.45) is 4.99 Å². The van der Waals surface area contributed by atoms with E-state index in [4.69, 9.17) is 11.6 Å². The van der Waals surface area contributed by atoms with Gasteiger partial charge in [-0.2, -0.15) is 0 Å². The van der Waals surface area contributed by atoms with E-state index in [0.717, 1.165) is 17.5 Å². The first-order valence-corrected chi connectivity index (χ1v) is 8.63. The number of aliphatic imine (C=N–C) groups is 1. The van der Waals surface area contributed by atoms with Crippen molar-refractivity contribution >= 4 is 45.2 Å². The van der Waals surface area contributed by atoms with Gasteiger partial charge < -0.3 is 4.90 Å². The molecule has 4 rings (SSSR count). The van der Waals surface area contributed by atoms with Gasteiger partial charge in [-0.05, 0) is 25.1 Å². The van der Waals surface area contributed by atoms with E-state index in [1.54, 1.807) is 18.4 Å². The van der Waals surface area contributed by atoms with E-state index in [2.05, 4.69) is 15.0 Å². The summed E-state index contributed by atoms with van der Waals surface area (Å²) in [6.45, 7) is 1.90. The van der Waals surface area contributed by atoms with Crippen LogP contribution >= 0.6 is 22.9 Å². The lowest BCUT2D eigenvalue weighted by atomic mass is 10.2. The van der Waals surface area contributed by atoms with Crippen LogP contribution in [0.25, 0.3) is 20.8 Å². The molecule has 2 aromatic heterocycles. The average Bonchev–Trinajstić information content (AvgIpc) is 3.02. The Balaban J connectivity index is 1.94. The van der Waals surface area contributed by atoms with Crippen molar-refractivity contribution in [3.05, 3.63) is 53.3 Å². The molecule has 0 bridgehead atoms. The van der Waals surface area contributed by atoms with Gasteiger partial charge in [0, 0.05) is 12.4 Å². The second-order valence-corrected chi connectivity index (χ2v) is 6.81. The smallest absolute Gasteiger partial charge is 0.168 e. The molecule has 1 aliphatic rings. The molecule has 1 aromatic carbocycles. The molecule has 0 spiro atoms. The van der Waals surface area contributed by atoms with Crippen molar-refractivity contribution in [2.75, 3.05) is 4.90 Å². The molecule has 0 aliphatic carbocycles. The predicted molar refractivity (Wildman–Crippen MR) is 97.3 cm³/mol. The van der Waals surface area contributed by atoms with Crippen molar-refractivity contribution in [1.29, 1.82) is 0 Å². The minimum absolute atomic E-state index is 0.138. The van der Waals surface area contributed by atoms with Crippen LogP contribution in [-0.4, -0.2) is 22.3 Å². The first-order chi connectivity index (χ1) is 12.1. The second kappa shape index (κ2) is 6.16. The molecule has 0 N–H and O–H groups in total. The molecule has 1 unspecified atom stereocenters. The maximum atomic E-state index is 14.2. The van der Waals surface area contributed by atoms with Crippen LogP contribution in [0.2, 0.25) is 5.02 Å². The minimum Gasteiger partial charge on any atom is -0.309 e. The first kappa shape index (κ1) is 16.1. The van der Waals surface area contributed by atoms with Crippen LogP contribution in [0.3, 0.4) is 0 Å². The Morgan fingerprint density at radius 2 is 2.08 bits per heavy atom. The molecule has 0 amide bonds. The maximum absolute atomic E-state index is 14.2. The highest BCUT2D eigenvalue weighted by Gasteiger charge is 2.23. The number of halogens is 3. The van der Waals surface area contributed by atoms with Crippen LogP contribution in [0.5, 0.6) is 0 Å². The number of pyridine rings is 1.